The number of benzene rings is 1. The van der Waals surface area contributed by atoms with E-state index in [4.69, 9.17) is 4.42 Å². The smallest absolute Gasteiger partial charge is 0.308 e. The number of fused-ring (bicyclic) bond motifs is 1. The standard InChI is InChI=1S/C23H29N3O5S2/c1-15(2)26-20-7-6-19(14-21(20)32-23(26)28)33(29,30)25-10-8-17(9-11-25)22(27)24-16(3)13-18-5-4-12-31-18/h4-7,12,14-17H,8-11,13H2,1-3H3,(H,24,27). The molecular formula is C23H29N3O5S2. The Morgan fingerprint density at radius 2 is 1.94 bits per heavy atom. The van der Waals surface area contributed by atoms with E-state index in [0.717, 1.165) is 22.6 Å². The minimum atomic E-state index is -3.70. The third-order valence-electron chi connectivity index (χ3n) is 6.04. The van der Waals surface area contributed by atoms with Crippen LogP contribution in [0.4, 0.5) is 0 Å². The molecule has 1 unspecified atom stereocenters. The second kappa shape index (κ2) is 9.44. The summed E-state index contributed by atoms with van der Waals surface area (Å²) in [4.78, 5) is 25.0. The van der Waals surface area contributed by atoms with E-state index in [2.05, 4.69) is 5.32 Å². The number of hydrogen-bond acceptors (Lipinski definition) is 6. The van der Waals surface area contributed by atoms with Gasteiger partial charge in [0.25, 0.3) is 0 Å². The Morgan fingerprint density at radius 3 is 2.58 bits per heavy atom. The van der Waals surface area contributed by atoms with E-state index in [1.807, 2.05) is 32.9 Å². The second-order valence-electron chi connectivity index (χ2n) is 8.83. The highest BCUT2D eigenvalue weighted by atomic mass is 32.2. The first-order chi connectivity index (χ1) is 15.7. The number of furan rings is 1. The molecule has 0 radical (unpaired) electrons. The third kappa shape index (κ3) is 4.92. The van der Waals surface area contributed by atoms with Gasteiger partial charge in [0, 0.05) is 37.5 Å². The summed E-state index contributed by atoms with van der Waals surface area (Å²) in [6.07, 6.45) is 3.16. The molecule has 1 amide bonds. The molecule has 1 atom stereocenters. The van der Waals surface area contributed by atoms with Crippen molar-refractivity contribution in [3.8, 4) is 0 Å². The maximum atomic E-state index is 13.2. The summed E-state index contributed by atoms with van der Waals surface area (Å²) in [6, 6.07) is 8.49. The van der Waals surface area contributed by atoms with E-state index in [9.17, 15) is 18.0 Å². The zero-order chi connectivity index (χ0) is 23.8. The molecule has 2 aromatic heterocycles. The summed E-state index contributed by atoms with van der Waals surface area (Å²) in [5.41, 5.74) is 0.748. The van der Waals surface area contributed by atoms with Gasteiger partial charge in [0.05, 0.1) is 21.4 Å². The summed E-state index contributed by atoms with van der Waals surface area (Å²) in [6.45, 7) is 6.35. The fraction of sp³-hybridized carbons (Fsp3) is 0.478. The number of carbonyl (C=O) groups excluding carboxylic acids is 1. The van der Waals surface area contributed by atoms with Crippen LogP contribution in [0.25, 0.3) is 10.2 Å². The molecule has 33 heavy (non-hydrogen) atoms. The number of carbonyl (C=O) groups is 1. The van der Waals surface area contributed by atoms with Crippen molar-refractivity contribution < 1.29 is 17.6 Å². The molecule has 1 aromatic carbocycles. The third-order valence-corrected chi connectivity index (χ3v) is 8.85. The molecule has 4 rings (SSSR count). The molecule has 1 aliphatic heterocycles. The van der Waals surface area contributed by atoms with E-state index in [1.165, 1.54) is 4.31 Å². The molecule has 1 saturated heterocycles. The van der Waals surface area contributed by atoms with Crippen molar-refractivity contribution in [1.29, 1.82) is 0 Å². The van der Waals surface area contributed by atoms with Crippen LogP contribution in [-0.2, 0) is 21.2 Å². The number of nitrogens with zero attached hydrogens (tertiary/aromatic N) is 2. The fourth-order valence-electron chi connectivity index (χ4n) is 4.32. The number of nitrogens with one attached hydrogen (secondary N) is 1. The van der Waals surface area contributed by atoms with Gasteiger partial charge in [-0.2, -0.15) is 4.31 Å². The summed E-state index contributed by atoms with van der Waals surface area (Å²) >= 11 is 1.06. The summed E-state index contributed by atoms with van der Waals surface area (Å²) in [5.74, 6) is 0.546. The highest BCUT2D eigenvalue weighted by Crippen LogP contribution is 2.28. The fourth-order valence-corrected chi connectivity index (χ4v) is 6.94. The lowest BCUT2D eigenvalue weighted by molar-refractivity contribution is -0.126. The van der Waals surface area contributed by atoms with Gasteiger partial charge < -0.3 is 9.73 Å². The minimum absolute atomic E-state index is 0.000631. The molecule has 1 fully saturated rings. The first kappa shape index (κ1) is 23.7. The van der Waals surface area contributed by atoms with Crippen molar-refractivity contribution in [2.24, 2.45) is 5.92 Å². The van der Waals surface area contributed by atoms with Gasteiger partial charge >= 0.3 is 4.87 Å². The van der Waals surface area contributed by atoms with Crippen LogP contribution < -0.4 is 10.2 Å². The van der Waals surface area contributed by atoms with Gasteiger partial charge in [-0.3, -0.25) is 14.2 Å². The first-order valence-electron chi connectivity index (χ1n) is 11.1. The van der Waals surface area contributed by atoms with Gasteiger partial charge in [-0.1, -0.05) is 11.3 Å². The summed E-state index contributed by atoms with van der Waals surface area (Å²) < 4.78 is 35.5. The Balaban J connectivity index is 1.40. The second-order valence-corrected chi connectivity index (χ2v) is 11.8. The zero-order valence-electron chi connectivity index (χ0n) is 19.0. The summed E-state index contributed by atoms with van der Waals surface area (Å²) in [5, 5.41) is 3.01. The molecule has 0 saturated carbocycles. The molecule has 0 spiro atoms. The van der Waals surface area contributed by atoms with Gasteiger partial charge in [0.15, 0.2) is 0 Å². The lowest BCUT2D eigenvalue weighted by atomic mass is 9.96. The predicted octanol–water partition coefficient (Wildman–Crippen LogP) is 3.39. The van der Waals surface area contributed by atoms with Crippen LogP contribution in [-0.4, -0.2) is 42.3 Å². The molecule has 178 valence electrons. The topological polar surface area (TPSA) is 102 Å². The number of piperidine rings is 1. The van der Waals surface area contributed by atoms with Crippen molar-refractivity contribution in [3.63, 3.8) is 0 Å². The number of hydrogen-bond donors (Lipinski definition) is 1. The first-order valence-corrected chi connectivity index (χ1v) is 13.4. The molecule has 8 nitrogen and oxygen atoms in total. The van der Waals surface area contributed by atoms with E-state index in [1.54, 1.807) is 29.0 Å². The molecule has 0 bridgehead atoms. The predicted molar refractivity (Wildman–Crippen MR) is 128 cm³/mol. The highest BCUT2D eigenvalue weighted by Gasteiger charge is 2.32. The van der Waals surface area contributed by atoms with E-state index >= 15 is 0 Å². The van der Waals surface area contributed by atoms with Gasteiger partial charge in [-0.05, 0) is 63.9 Å². The number of sulfonamides is 1. The van der Waals surface area contributed by atoms with Crippen LogP contribution in [0.1, 0.15) is 45.4 Å². The number of amides is 1. The number of thiazole rings is 1. The van der Waals surface area contributed by atoms with E-state index in [-0.39, 0.29) is 46.8 Å². The number of aromatic nitrogens is 1. The van der Waals surface area contributed by atoms with Crippen molar-refractivity contribution in [1.82, 2.24) is 14.2 Å². The summed E-state index contributed by atoms with van der Waals surface area (Å²) in [7, 11) is -3.70. The van der Waals surface area contributed by atoms with Crippen LogP contribution >= 0.6 is 11.3 Å². The Morgan fingerprint density at radius 1 is 1.21 bits per heavy atom. The lowest BCUT2D eigenvalue weighted by Gasteiger charge is -2.31. The molecular weight excluding hydrogens is 462 g/mol. The Labute approximate surface area is 197 Å². The average Bonchev–Trinajstić information content (AvgIpc) is 3.39. The molecule has 3 heterocycles. The van der Waals surface area contributed by atoms with Gasteiger partial charge in [0.1, 0.15) is 5.76 Å². The van der Waals surface area contributed by atoms with Crippen LogP contribution in [0, 0.1) is 5.92 Å². The maximum Gasteiger partial charge on any atom is 0.308 e. The van der Waals surface area contributed by atoms with Crippen molar-refractivity contribution in [2.75, 3.05) is 13.1 Å². The van der Waals surface area contributed by atoms with Crippen LogP contribution in [0.3, 0.4) is 0 Å². The largest absolute Gasteiger partial charge is 0.469 e. The molecule has 1 aliphatic rings. The number of rotatable bonds is 7. The average molecular weight is 492 g/mol. The van der Waals surface area contributed by atoms with Crippen LogP contribution in [0.15, 0.2) is 50.7 Å². The quantitative estimate of drug-likeness (QED) is 0.546. The Hall–Kier alpha value is -2.43. The zero-order valence-corrected chi connectivity index (χ0v) is 20.6. The van der Waals surface area contributed by atoms with Crippen LogP contribution in [0.2, 0.25) is 0 Å². The molecule has 3 aromatic rings. The maximum absolute atomic E-state index is 13.2. The highest BCUT2D eigenvalue weighted by molar-refractivity contribution is 7.89. The monoisotopic (exact) mass is 491 g/mol. The van der Waals surface area contributed by atoms with Gasteiger partial charge in [-0.15, -0.1) is 0 Å². The molecule has 1 N–H and O–H groups in total. The minimum Gasteiger partial charge on any atom is -0.469 e. The Bertz CT molecular complexity index is 1280. The van der Waals surface area contributed by atoms with Crippen molar-refractivity contribution in [3.05, 3.63) is 52.0 Å². The molecule has 0 aliphatic carbocycles. The molecule has 10 heteroatoms. The van der Waals surface area contributed by atoms with Crippen molar-refractivity contribution >= 4 is 37.5 Å². The lowest BCUT2D eigenvalue weighted by Crippen LogP contribution is -2.45. The Kier molecular flexibility index (Phi) is 6.78. The van der Waals surface area contributed by atoms with E-state index < -0.39 is 10.0 Å². The normalized spacial score (nSPS) is 17.0. The van der Waals surface area contributed by atoms with Gasteiger partial charge in [-0.25, -0.2) is 8.42 Å². The van der Waals surface area contributed by atoms with E-state index in [0.29, 0.717) is 24.0 Å². The van der Waals surface area contributed by atoms with Gasteiger partial charge in [0.2, 0.25) is 15.9 Å². The van der Waals surface area contributed by atoms with Crippen LogP contribution in [0.5, 0.6) is 0 Å². The van der Waals surface area contributed by atoms with Crippen molar-refractivity contribution in [2.45, 2.75) is 57.0 Å². The SMILES string of the molecule is CC(Cc1ccco1)NC(=O)C1CCN(S(=O)(=O)c2ccc3c(c2)sc(=O)n3C(C)C)CC1.